The van der Waals surface area contributed by atoms with Gasteiger partial charge in [0.25, 0.3) is 0 Å². The number of aromatic nitrogens is 2. The van der Waals surface area contributed by atoms with E-state index in [1.807, 2.05) is 30.3 Å². The van der Waals surface area contributed by atoms with Gasteiger partial charge in [0.15, 0.2) is 5.82 Å². The number of phenolic OH excluding ortho intramolecular Hbond substituents is 1. The molecule has 0 saturated carbocycles. The van der Waals surface area contributed by atoms with Crippen molar-refractivity contribution in [2.45, 2.75) is 24.9 Å². The molecular formula is C26H25FN4O3. The van der Waals surface area contributed by atoms with Crippen LogP contribution in [0.1, 0.15) is 12.8 Å². The first kappa shape index (κ1) is 21.1. The predicted molar refractivity (Wildman–Crippen MR) is 129 cm³/mol. The van der Waals surface area contributed by atoms with Gasteiger partial charge >= 0.3 is 6.01 Å². The summed E-state index contributed by atoms with van der Waals surface area (Å²) in [5, 5.41) is 25.4. The summed E-state index contributed by atoms with van der Waals surface area (Å²) in [6.45, 7) is 1.40. The molecular weight excluding hydrogens is 435 g/mol. The summed E-state index contributed by atoms with van der Waals surface area (Å²) in [6, 6.07) is 15.2. The second-order valence-corrected chi connectivity index (χ2v) is 8.98. The van der Waals surface area contributed by atoms with E-state index in [0.29, 0.717) is 34.4 Å². The van der Waals surface area contributed by atoms with Crippen LogP contribution >= 0.6 is 0 Å². The fraction of sp³-hybridized carbons (Fsp3) is 0.308. The highest BCUT2D eigenvalue weighted by Crippen LogP contribution is 2.38. The molecule has 4 aromatic rings. The van der Waals surface area contributed by atoms with Crippen LogP contribution in [-0.4, -0.2) is 58.6 Å². The molecule has 2 bridgehead atoms. The molecule has 0 amide bonds. The van der Waals surface area contributed by atoms with Crippen molar-refractivity contribution < 1.29 is 19.3 Å². The van der Waals surface area contributed by atoms with E-state index in [0.717, 1.165) is 36.7 Å². The van der Waals surface area contributed by atoms with Crippen molar-refractivity contribution in [1.82, 2.24) is 15.3 Å². The molecule has 3 N–H and O–H groups in total. The maximum Gasteiger partial charge on any atom is 0.319 e. The average Bonchev–Trinajstić information content (AvgIpc) is 3.19. The lowest BCUT2D eigenvalue weighted by molar-refractivity contribution is 0.192. The summed E-state index contributed by atoms with van der Waals surface area (Å²) in [5.74, 6) is 0.214. The highest BCUT2D eigenvalue weighted by molar-refractivity contribution is 6.01. The van der Waals surface area contributed by atoms with Crippen molar-refractivity contribution in [3.8, 4) is 22.9 Å². The minimum Gasteiger partial charge on any atom is -0.508 e. The summed E-state index contributed by atoms with van der Waals surface area (Å²) in [6.07, 6.45) is 2.22. The quantitative estimate of drug-likeness (QED) is 0.419. The van der Waals surface area contributed by atoms with E-state index in [2.05, 4.69) is 20.2 Å². The molecule has 0 unspecified atom stereocenters. The number of halogens is 1. The molecule has 3 aromatic carbocycles. The number of nitrogens with zero attached hydrogens (tertiary/aromatic N) is 3. The van der Waals surface area contributed by atoms with Gasteiger partial charge in [-0.15, -0.1) is 0 Å². The number of aromatic hydroxyl groups is 1. The summed E-state index contributed by atoms with van der Waals surface area (Å²) < 4.78 is 21.7. The number of anilines is 1. The Labute approximate surface area is 195 Å². The van der Waals surface area contributed by atoms with Crippen LogP contribution in [0.3, 0.4) is 0 Å². The Morgan fingerprint density at radius 3 is 2.59 bits per heavy atom. The standard InChI is InChI=1S/C26H25FN4O3/c27-23-20(22-12-18(33)11-15-3-1-2-4-19(15)22)7-8-21-24(23)29-26(34-10-9-32)30-25(21)31-13-16-5-6-17(14-31)28-16/h1-4,7-8,11-12,16-17,28,32-33H,5-6,9-10,13-14H2/t16-,17+. The number of phenols is 1. The molecule has 0 aliphatic carbocycles. The van der Waals surface area contributed by atoms with Crippen LogP contribution in [0.5, 0.6) is 11.8 Å². The van der Waals surface area contributed by atoms with Crippen LogP contribution < -0.4 is 15.0 Å². The third kappa shape index (κ3) is 3.59. The Kier molecular flexibility index (Phi) is 5.19. The lowest BCUT2D eigenvalue weighted by atomic mass is 9.96. The summed E-state index contributed by atoms with van der Waals surface area (Å²) in [7, 11) is 0. The first-order valence-corrected chi connectivity index (χ1v) is 11.6. The summed E-state index contributed by atoms with van der Waals surface area (Å²) in [4.78, 5) is 11.2. The van der Waals surface area contributed by atoms with Crippen LogP contribution in [0.25, 0.3) is 32.8 Å². The van der Waals surface area contributed by atoms with Gasteiger partial charge in [0.1, 0.15) is 23.7 Å². The predicted octanol–water partition coefficient (Wildman–Crippen LogP) is 3.61. The molecule has 8 heteroatoms. The first-order chi connectivity index (χ1) is 16.6. The van der Waals surface area contributed by atoms with E-state index < -0.39 is 5.82 Å². The average molecular weight is 461 g/mol. The minimum atomic E-state index is -0.496. The summed E-state index contributed by atoms with van der Waals surface area (Å²) in [5.41, 5.74) is 1.10. The van der Waals surface area contributed by atoms with Crippen molar-refractivity contribution in [2.75, 3.05) is 31.2 Å². The molecule has 2 saturated heterocycles. The third-order valence-corrected chi connectivity index (χ3v) is 6.74. The van der Waals surface area contributed by atoms with Crippen molar-refractivity contribution in [3.63, 3.8) is 0 Å². The van der Waals surface area contributed by atoms with Gasteiger partial charge in [-0.1, -0.05) is 30.3 Å². The van der Waals surface area contributed by atoms with E-state index in [-0.39, 0.29) is 30.5 Å². The Morgan fingerprint density at radius 2 is 1.79 bits per heavy atom. The number of aliphatic hydroxyl groups is 1. The van der Waals surface area contributed by atoms with Crippen molar-refractivity contribution >= 4 is 27.5 Å². The van der Waals surface area contributed by atoms with E-state index >= 15 is 4.39 Å². The van der Waals surface area contributed by atoms with Gasteiger partial charge in [0.05, 0.1) is 6.61 Å². The molecule has 7 nitrogen and oxygen atoms in total. The third-order valence-electron chi connectivity index (χ3n) is 6.74. The van der Waals surface area contributed by atoms with Crippen molar-refractivity contribution in [3.05, 3.63) is 54.3 Å². The zero-order chi connectivity index (χ0) is 23.2. The Morgan fingerprint density at radius 1 is 1.00 bits per heavy atom. The van der Waals surface area contributed by atoms with Gasteiger partial charge in [0, 0.05) is 36.1 Å². The molecule has 2 aliphatic rings. The highest BCUT2D eigenvalue weighted by Gasteiger charge is 2.34. The Bertz CT molecular complexity index is 1380. The normalized spacial score (nSPS) is 19.8. The van der Waals surface area contributed by atoms with E-state index in [1.165, 1.54) is 0 Å². The lowest BCUT2D eigenvalue weighted by Crippen LogP contribution is -2.51. The molecule has 1 aromatic heterocycles. The fourth-order valence-electron chi connectivity index (χ4n) is 5.26. The second-order valence-electron chi connectivity index (χ2n) is 8.98. The van der Waals surface area contributed by atoms with E-state index in [4.69, 9.17) is 4.74 Å². The number of hydrogen-bond acceptors (Lipinski definition) is 7. The van der Waals surface area contributed by atoms with Crippen LogP contribution in [0.2, 0.25) is 0 Å². The lowest BCUT2D eigenvalue weighted by Gasteiger charge is -2.34. The van der Waals surface area contributed by atoms with Crippen LogP contribution in [-0.2, 0) is 0 Å². The molecule has 34 heavy (non-hydrogen) atoms. The fourth-order valence-corrected chi connectivity index (χ4v) is 5.26. The van der Waals surface area contributed by atoms with Crippen molar-refractivity contribution in [2.24, 2.45) is 0 Å². The van der Waals surface area contributed by atoms with Crippen LogP contribution in [0, 0.1) is 5.82 Å². The Balaban J connectivity index is 1.54. The Hall–Kier alpha value is -3.49. The number of fused-ring (bicyclic) bond motifs is 4. The number of hydrogen-bond donors (Lipinski definition) is 3. The topological polar surface area (TPSA) is 90.7 Å². The zero-order valence-electron chi connectivity index (χ0n) is 18.5. The van der Waals surface area contributed by atoms with Gasteiger partial charge in [-0.2, -0.15) is 9.97 Å². The number of aliphatic hydroxyl groups excluding tert-OH is 1. The second kappa shape index (κ2) is 8.38. The molecule has 2 aliphatic heterocycles. The molecule has 3 heterocycles. The smallest absolute Gasteiger partial charge is 0.319 e. The number of rotatable bonds is 5. The molecule has 174 valence electrons. The maximum atomic E-state index is 16.1. The van der Waals surface area contributed by atoms with E-state index in [1.54, 1.807) is 18.2 Å². The molecule has 2 atom stereocenters. The largest absolute Gasteiger partial charge is 0.508 e. The van der Waals surface area contributed by atoms with E-state index in [9.17, 15) is 10.2 Å². The number of piperazine rings is 1. The van der Waals surface area contributed by atoms with Crippen LogP contribution in [0.4, 0.5) is 10.2 Å². The zero-order valence-corrected chi connectivity index (χ0v) is 18.5. The molecule has 2 fully saturated rings. The minimum absolute atomic E-state index is 0.0241. The monoisotopic (exact) mass is 460 g/mol. The highest BCUT2D eigenvalue weighted by atomic mass is 19.1. The number of nitrogens with one attached hydrogen (secondary N) is 1. The first-order valence-electron chi connectivity index (χ1n) is 11.6. The van der Waals surface area contributed by atoms with Gasteiger partial charge < -0.3 is 25.2 Å². The summed E-state index contributed by atoms with van der Waals surface area (Å²) >= 11 is 0. The van der Waals surface area contributed by atoms with Crippen molar-refractivity contribution in [1.29, 1.82) is 0 Å². The number of ether oxygens (including phenoxy) is 1. The SMILES string of the molecule is OCCOc1nc(N2C[C@H]3CC[C@@H](C2)N3)c2ccc(-c3cc(O)cc4ccccc34)c(F)c2n1. The number of benzene rings is 3. The molecule has 0 spiro atoms. The maximum absolute atomic E-state index is 16.1. The molecule has 6 rings (SSSR count). The molecule has 0 radical (unpaired) electrons. The van der Waals surface area contributed by atoms with Gasteiger partial charge in [-0.3, -0.25) is 0 Å². The van der Waals surface area contributed by atoms with Crippen LogP contribution in [0.15, 0.2) is 48.5 Å². The van der Waals surface area contributed by atoms with Gasteiger partial charge in [0.2, 0.25) is 0 Å². The van der Waals surface area contributed by atoms with Gasteiger partial charge in [-0.25, -0.2) is 4.39 Å². The van der Waals surface area contributed by atoms with Gasteiger partial charge in [-0.05, 0) is 47.4 Å².